The van der Waals surface area contributed by atoms with Crippen LogP contribution in [0.15, 0.2) is 24.3 Å². The summed E-state index contributed by atoms with van der Waals surface area (Å²) >= 11 is 6.26. The van der Waals surface area contributed by atoms with E-state index in [1.165, 1.54) is 19.3 Å². The van der Waals surface area contributed by atoms with Crippen LogP contribution in [0.2, 0.25) is 5.02 Å². The van der Waals surface area contributed by atoms with Crippen LogP contribution in [0, 0.1) is 0 Å². The summed E-state index contributed by atoms with van der Waals surface area (Å²) in [6.07, 6.45) is 5.75. The molecule has 0 amide bonds. The maximum Gasteiger partial charge on any atom is 0.169 e. The fraction of sp³-hybridized carbons (Fsp3) is 0.600. The zero-order chi connectivity index (χ0) is 12.6. The van der Waals surface area contributed by atoms with Crippen LogP contribution < -0.4 is 0 Å². The van der Waals surface area contributed by atoms with Gasteiger partial charge in [-0.15, -0.1) is 0 Å². The molecular weight excluding hydrogens is 248 g/mol. The molecule has 2 nitrogen and oxygen atoms in total. The van der Waals surface area contributed by atoms with E-state index in [9.17, 15) is 0 Å². The van der Waals surface area contributed by atoms with Gasteiger partial charge in [0.25, 0.3) is 0 Å². The summed E-state index contributed by atoms with van der Waals surface area (Å²) in [4.78, 5) is 0. The van der Waals surface area contributed by atoms with Crippen molar-refractivity contribution >= 4 is 11.6 Å². The van der Waals surface area contributed by atoms with E-state index >= 15 is 0 Å². The third-order valence-electron chi connectivity index (χ3n) is 4.00. The molecule has 0 radical (unpaired) electrons. The summed E-state index contributed by atoms with van der Waals surface area (Å²) in [6, 6.07) is 7.90. The summed E-state index contributed by atoms with van der Waals surface area (Å²) in [7, 11) is 0. The topological polar surface area (TPSA) is 18.5 Å². The largest absolute Gasteiger partial charge is 0.344 e. The van der Waals surface area contributed by atoms with Crippen LogP contribution in [-0.4, -0.2) is 11.9 Å². The lowest BCUT2D eigenvalue weighted by atomic mass is 9.94. The monoisotopic (exact) mass is 266 g/mol. The van der Waals surface area contributed by atoms with Crippen LogP contribution in [-0.2, 0) is 9.47 Å². The molecule has 0 aromatic heterocycles. The zero-order valence-electron chi connectivity index (χ0n) is 10.7. The molecule has 0 bridgehead atoms. The van der Waals surface area contributed by atoms with Crippen molar-refractivity contribution in [3.05, 3.63) is 34.9 Å². The predicted molar refractivity (Wildman–Crippen MR) is 71.6 cm³/mol. The van der Waals surface area contributed by atoms with E-state index in [1.54, 1.807) is 0 Å². The highest BCUT2D eigenvalue weighted by Gasteiger charge is 2.47. The molecule has 98 valence electrons. The van der Waals surface area contributed by atoms with Gasteiger partial charge >= 0.3 is 0 Å². The first-order valence-electron chi connectivity index (χ1n) is 6.80. The minimum atomic E-state index is -0.346. The average molecular weight is 267 g/mol. The van der Waals surface area contributed by atoms with E-state index in [0.717, 1.165) is 23.4 Å². The number of rotatable bonds is 1. The fourth-order valence-electron chi connectivity index (χ4n) is 3.10. The quantitative estimate of drug-likeness (QED) is 0.746. The Labute approximate surface area is 113 Å². The molecule has 0 N–H and O–H groups in total. The normalized spacial score (nSPS) is 30.8. The van der Waals surface area contributed by atoms with Crippen molar-refractivity contribution < 1.29 is 9.47 Å². The lowest BCUT2D eigenvalue weighted by molar-refractivity contribution is -0.193. The van der Waals surface area contributed by atoms with E-state index in [0.29, 0.717) is 0 Å². The SMILES string of the molecule is C[C@H]1OC2(CCCCC2)O[C@@H]1c1ccccc1Cl. The van der Waals surface area contributed by atoms with Crippen LogP contribution >= 0.6 is 11.6 Å². The van der Waals surface area contributed by atoms with Gasteiger partial charge in [-0.05, 0) is 25.8 Å². The summed E-state index contributed by atoms with van der Waals surface area (Å²) in [5.41, 5.74) is 1.05. The first-order valence-corrected chi connectivity index (χ1v) is 7.18. The standard InChI is InChI=1S/C15H19ClO2/c1-11-14(12-7-3-4-8-13(12)16)18-15(17-11)9-5-2-6-10-15/h3-4,7-8,11,14H,2,5-6,9-10H2,1H3/t11-,14+/m1/s1. The Hall–Kier alpha value is -0.570. The van der Waals surface area contributed by atoms with Gasteiger partial charge in [0.15, 0.2) is 5.79 Å². The number of ether oxygens (including phenoxy) is 2. The first-order chi connectivity index (χ1) is 8.70. The molecular formula is C15H19ClO2. The Morgan fingerprint density at radius 1 is 1.11 bits per heavy atom. The highest BCUT2D eigenvalue weighted by atomic mass is 35.5. The highest BCUT2D eigenvalue weighted by Crippen LogP contribution is 2.46. The Morgan fingerprint density at radius 2 is 1.83 bits per heavy atom. The maximum absolute atomic E-state index is 6.26. The van der Waals surface area contributed by atoms with Gasteiger partial charge in [-0.2, -0.15) is 0 Å². The Balaban J connectivity index is 1.84. The zero-order valence-corrected chi connectivity index (χ0v) is 11.5. The van der Waals surface area contributed by atoms with Crippen LogP contribution in [0.25, 0.3) is 0 Å². The van der Waals surface area contributed by atoms with E-state index in [1.807, 2.05) is 24.3 Å². The molecule has 1 aromatic carbocycles. The number of hydrogen-bond acceptors (Lipinski definition) is 2. The molecule has 1 aromatic rings. The van der Waals surface area contributed by atoms with Gasteiger partial charge in [0.1, 0.15) is 6.10 Å². The maximum atomic E-state index is 6.26. The molecule has 1 aliphatic heterocycles. The van der Waals surface area contributed by atoms with E-state index < -0.39 is 0 Å². The molecule has 18 heavy (non-hydrogen) atoms. The molecule has 1 heterocycles. The second kappa shape index (κ2) is 4.84. The van der Waals surface area contributed by atoms with Crippen LogP contribution in [0.3, 0.4) is 0 Å². The minimum absolute atomic E-state index is 0.0307. The van der Waals surface area contributed by atoms with Crippen molar-refractivity contribution in [1.82, 2.24) is 0 Å². The predicted octanol–water partition coefficient (Wildman–Crippen LogP) is 4.48. The summed E-state index contributed by atoms with van der Waals surface area (Å²) in [5, 5.41) is 0.769. The molecule has 3 heteroatoms. The van der Waals surface area contributed by atoms with E-state index in [2.05, 4.69) is 6.92 Å². The van der Waals surface area contributed by atoms with Crippen molar-refractivity contribution in [1.29, 1.82) is 0 Å². The third kappa shape index (κ3) is 2.18. The number of halogens is 1. The third-order valence-corrected chi connectivity index (χ3v) is 4.34. The minimum Gasteiger partial charge on any atom is -0.344 e. The van der Waals surface area contributed by atoms with Gasteiger partial charge < -0.3 is 9.47 Å². The molecule has 3 rings (SSSR count). The molecule has 1 spiro atoms. The molecule has 2 fully saturated rings. The number of benzene rings is 1. The second-order valence-electron chi connectivity index (χ2n) is 5.35. The Kier molecular flexibility index (Phi) is 3.35. The van der Waals surface area contributed by atoms with Crippen LogP contribution in [0.1, 0.15) is 50.7 Å². The van der Waals surface area contributed by atoms with Gasteiger partial charge in [-0.25, -0.2) is 0 Å². The average Bonchev–Trinajstić information content (AvgIpc) is 2.67. The number of hydrogen-bond donors (Lipinski definition) is 0. The molecule has 1 aliphatic carbocycles. The molecule has 2 aliphatic rings. The van der Waals surface area contributed by atoms with Gasteiger partial charge in [0.05, 0.1) is 6.10 Å². The molecule has 1 saturated carbocycles. The lowest BCUT2D eigenvalue weighted by Crippen LogP contribution is -2.33. The van der Waals surface area contributed by atoms with Crippen molar-refractivity contribution in [3.63, 3.8) is 0 Å². The van der Waals surface area contributed by atoms with Gasteiger partial charge in [0.2, 0.25) is 0 Å². The van der Waals surface area contributed by atoms with Crippen molar-refractivity contribution in [2.45, 2.75) is 57.0 Å². The molecule has 2 atom stereocenters. The highest BCUT2D eigenvalue weighted by molar-refractivity contribution is 6.31. The second-order valence-corrected chi connectivity index (χ2v) is 5.76. The van der Waals surface area contributed by atoms with Crippen LogP contribution in [0.4, 0.5) is 0 Å². The molecule has 0 unspecified atom stereocenters. The van der Waals surface area contributed by atoms with Crippen molar-refractivity contribution in [2.75, 3.05) is 0 Å². The smallest absolute Gasteiger partial charge is 0.169 e. The summed E-state index contributed by atoms with van der Waals surface area (Å²) < 4.78 is 12.4. The van der Waals surface area contributed by atoms with Gasteiger partial charge in [-0.1, -0.05) is 36.2 Å². The van der Waals surface area contributed by atoms with E-state index in [4.69, 9.17) is 21.1 Å². The fourth-order valence-corrected chi connectivity index (χ4v) is 3.35. The van der Waals surface area contributed by atoms with Crippen molar-refractivity contribution in [3.8, 4) is 0 Å². The van der Waals surface area contributed by atoms with Gasteiger partial charge in [-0.3, -0.25) is 0 Å². The Bertz CT molecular complexity index is 426. The lowest BCUT2D eigenvalue weighted by Gasteiger charge is -2.31. The van der Waals surface area contributed by atoms with Crippen LogP contribution in [0.5, 0.6) is 0 Å². The summed E-state index contributed by atoms with van der Waals surface area (Å²) in [5.74, 6) is -0.346. The van der Waals surface area contributed by atoms with E-state index in [-0.39, 0.29) is 18.0 Å². The first kappa shape index (κ1) is 12.5. The van der Waals surface area contributed by atoms with Crippen molar-refractivity contribution in [2.24, 2.45) is 0 Å². The van der Waals surface area contributed by atoms with Gasteiger partial charge in [0, 0.05) is 23.4 Å². The Morgan fingerprint density at radius 3 is 2.56 bits per heavy atom. The summed E-state index contributed by atoms with van der Waals surface area (Å²) in [6.45, 7) is 2.08. The molecule has 1 saturated heterocycles.